The van der Waals surface area contributed by atoms with Crippen LogP contribution in [0.2, 0.25) is 5.02 Å². The summed E-state index contributed by atoms with van der Waals surface area (Å²) < 4.78 is 13.3. The third kappa shape index (κ3) is 3.29. The van der Waals surface area contributed by atoms with E-state index in [9.17, 15) is 9.18 Å². The Balaban J connectivity index is 2.77. The number of benzene rings is 1. The summed E-state index contributed by atoms with van der Waals surface area (Å²) >= 11 is 5.61. The van der Waals surface area contributed by atoms with Gasteiger partial charge in [-0.2, -0.15) is 0 Å². The van der Waals surface area contributed by atoms with Gasteiger partial charge in [-0.25, -0.2) is 4.39 Å². The van der Waals surface area contributed by atoms with Gasteiger partial charge in [-0.1, -0.05) is 17.7 Å². The molecular formula is C11H13ClFNO. The first kappa shape index (κ1) is 12.1. The molecule has 1 unspecified atom stereocenters. The predicted molar refractivity (Wildman–Crippen MR) is 58.6 cm³/mol. The molecule has 0 fully saturated rings. The summed E-state index contributed by atoms with van der Waals surface area (Å²) in [5.74, 6) is -0.474. The molecular weight excluding hydrogens is 217 g/mol. The second kappa shape index (κ2) is 5.24. The van der Waals surface area contributed by atoms with Crippen LogP contribution in [0.5, 0.6) is 0 Å². The maximum absolute atomic E-state index is 13.3. The first-order chi connectivity index (χ1) is 7.04. The maximum atomic E-state index is 13.3. The molecule has 1 atom stereocenters. The van der Waals surface area contributed by atoms with E-state index < -0.39 is 5.82 Å². The van der Waals surface area contributed by atoms with Crippen molar-refractivity contribution in [3.63, 3.8) is 0 Å². The summed E-state index contributed by atoms with van der Waals surface area (Å²) in [5, 5.41) is 3.16. The Morgan fingerprint density at radius 1 is 1.60 bits per heavy atom. The van der Waals surface area contributed by atoms with Crippen LogP contribution in [-0.2, 0) is 11.2 Å². The second-order valence-electron chi connectivity index (χ2n) is 3.39. The van der Waals surface area contributed by atoms with Crippen molar-refractivity contribution in [1.29, 1.82) is 0 Å². The number of halogens is 2. The van der Waals surface area contributed by atoms with E-state index in [4.69, 9.17) is 11.6 Å². The van der Waals surface area contributed by atoms with Crippen molar-refractivity contribution in [3.05, 3.63) is 34.6 Å². The molecule has 0 bridgehead atoms. The van der Waals surface area contributed by atoms with Gasteiger partial charge >= 0.3 is 0 Å². The molecule has 15 heavy (non-hydrogen) atoms. The average molecular weight is 230 g/mol. The van der Waals surface area contributed by atoms with Gasteiger partial charge in [0.1, 0.15) is 5.82 Å². The van der Waals surface area contributed by atoms with Crippen molar-refractivity contribution < 1.29 is 9.18 Å². The van der Waals surface area contributed by atoms with Crippen LogP contribution < -0.4 is 5.32 Å². The van der Waals surface area contributed by atoms with Gasteiger partial charge < -0.3 is 5.32 Å². The van der Waals surface area contributed by atoms with Crippen molar-refractivity contribution in [3.8, 4) is 0 Å². The van der Waals surface area contributed by atoms with Gasteiger partial charge in [-0.05, 0) is 31.7 Å². The zero-order valence-corrected chi connectivity index (χ0v) is 9.44. The molecule has 0 saturated carbocycles. The lowest BCUT2D eigenvalue weighted by Crippen LogP contribution is -2.32. The van der Waals surface area contributed by atoms with Crippen LogP contribution in [0.4, 0.5) is 4.39 Å². The van der Waals surface area contributed by atoms with Gasteiger partial charge in [0.15, 0.2) is 5.78 Å². The van der Waals surface area contributed by atoms with E-state index in [0.29, 0.717) is 10.6 Å². The summed E-state index contributed by atoms with van der Waals surface area (Å²) in [7, 11) is 1.70. The van der Waals surface area contributed by atoms with E-state index in [-0.39, 0.29) is 18.2 Å². The van der Waals surface area contributed by atoms with Crippen molar-refractivity contribution >= 4 is 17.4 Å². The highest BCUT2D eigenvalue weighted by Gasteiger charge is 2.13. The minimum absolute atomic E-state index is 0.0428. The van der Waals surface area contributed by atoms with Crippen molar-refractivity contribution in [2.75, 3.05) is 7.05 Å². The molecule has 0 aliphatic heterocycles. The number of hydrogen-bond acceptors (Lipinski definition) is 2. The molecule has 82 valence electrons. The van der Waals surface area contributed by atoms with E-state index in [2.05, 4.69) is 5.32 Å². The van der Waals surface area contributed by atoms with Crippen molar-refractivity contribution in [2.24, 2.45) is 0 Å². The minimum atomic E-state index is -0.431. The first-order valence-corrected chi connectivity index (χ1v) is 5.06. The zero-order valence-electron chi connectivity index (χ0n) is 8.68. The quantitative estimate of drug-likeness (QED) is 0.858. The van der Waals surface area contributed by atoms with E-state index in [1.165, 1.54) is 12.1 Å². The van der Waals surface area contributed by atoms with E-state index >= 15 is 0 Å². The molecule has 2 nitrogen and oxygen atoms in total. The molecule has 1 aromatic rings. The predicted octanol–water partition coefficient (Wildman–Crippen LogP) is 2.20. The van der Waals surface area contributed by atoms with Gasteiger partial charge in [0.25, 0.3) is 0 Å². The lowest BCUT2D eigenvalue weighted by atomic mass is 10.0. The van der Waals surface area contributed by atoms with Gasteiger partial charge in [-0.3, -0.25) is 4.79 Å². The van der Waals surface area contributed by atoms with Crippen LogP contribution in [0.25, 0.3) is 0 Å². The third-order valence-corrected chi connectivity index (χ3v) is 2.53. The largest absolute Gasteiger partial charge is 0.311 e. The summed E-state index contributed by atoms with van der Waals surface area (Å²) in [5.41, 5.74) is 0.381. The number of nitrogens with one attached hydrogen (secondary N) is 1. The second-order valence-corrected chi connectivity index (χ2v) is 3.83. The highest BCUT2D eigenvalue weighted by atomic mass is 35.5. The van der Waals surface area contributed by atoms with Crippen LogP contribution in [0.1, 0.15) is 12.5 Å². The monoisotopic (exact) mass is 229 g/mol. The normalized spacial score (nSPS) is 12.5. The lowest BCUT2D eigenvalue weighted by molar-refractivity contribution is -0.119. The summed E-state index contributed by atoms with van der Waals surface area (Å²) in [4.78, 5) is 11.5. The third-order valence-electron chi connectivity index (χ3n) is 2.30. The Morgan fingerprint density at radius 3 is 2.80 bits per heavy atom. The first-order valence-electron chi connectivity index (χ1n) is 4.68. The SMILES string of the molecule is CNC(C)C(=O)Cc1ccc(Cl)cc1F. The standard InChI is InChI=1S/C11H13ClFNO/c1-7(14-2)11(15)5-8-3-4-9(12)6-10(8)13/h3-4,6-7,14H,5H2,1-2H3. The highest BCUT2D eigenvalue weighted by Crippen LogP contribution is 2.15. The lowest BCUT2D eigenvalue weighted by Gasteiger charge is -2.09. The Bertz CT molecular complexity index is 368. The molecule has 4 heteroatoms. The minimum Gasteiger partial charge on any atom is -0.311 e. The summed E-state index contributed by atoms with van der Waals surface area (Å²) in [6.07, 6.45) is 0.0883. The Morgan fingerprint density at radius 2 is 2.27 bits per heavy atom. The van der Waals surface area contributed by atoms with E-state index in [0.717, 1.165) is 0 Å². The molecule has 1 N–H and O–H groups in total. The maximum Gasteiger partial charge on any atom is 0.153 e. The fourth-order valence-electron chi connectivity index (χ4n) is 1.17. The average Bonchev–Trinajstić information content (AvgIpc) is 2.20. The molecule has 0 aliphatic carbocycles. The van der Waals surface area contributed by atoms with Gasteiger partial charge in [-0.15, -0.1) is 0 Å². The van der Waals surface area contributed by atoms with Crippen LogP contribution in [-0.4, -0.2) is 18.9 Å². The van der Waals surface area contributed by atoms with Crippen molar-refractivity contribution in [1.82, 2.24) is 5.32 Å². The molecule has 0 saturated heterocycles. The Hall–Kier alpha value is -0.930. The molecule has 0 aliphatic rings. The molecule has 1 aromatic carbocycles. The fraction of sp³-hybridized carbons (Fsp3) is 0.364. The number of carbonyl (C=O) groups is 1. The summed E-state index contributed by atoms with van der Waals surface area (Å²) in [6.45, 7) is 1.75. The van der Waals surface area contributed by atoms with Gasteiger partial charge in [0.05, 0.1) is 6.04 Å². The zero-order chi connectivity index (χ0) is 11.4. The van der Waals surface area contributed by atoms with Crippen LogP contribution >= 0.6 is 11.6 Å². The Labute approximate surface area is 93.4 Å². The number of likely N-dealkylation sites (N-methyl/N-ethyl adjacent to an activating group) is 1. The summed E-state index contributed by atoms with van der Waals surface area (Å²) in [6, 6.07) is 4.07. The van der Waals surface area contributed by atoms with E-state index in [1.807, 2.05) is 0 Å². The van der Waals surface area contributed by atoms with Gasteiger partial charge in [0, 0.05) is 11.4 Å². The van der Waals surface area contributed by atoms with Crippen LogP contribution in [0, 0.1) is 5.82 Å². The van der Waals surface area contributed by atoms with Crippen LogP contribution in [0.3, 0.4) is 0 Å². The smallest absolute Gasteiger partial charge is 0.153 e. The number of carbonyl (C=O) groups excluding carboxylic acids is 1. The van der Waals surface area contributed by atoms with Gasteiger partial charge in [0.2, 0.25) is 0 Å². The van der Waals surface area contributed by atoms with Crippen molar-refractivity contribution in [2.45, 2.75) is 19.4 Å². The molecule has 0 heterocycles. The molecule has 0 radical (unpaired) electrons. The molecule has 0 amide bonds. The number of Topliss-reactive ketones (excluding diaryl/α,β-unsaturated/α-hetero) is 1. The van der Waals surface area contributed by atoms with E-state index in [1.54, 1.807) is 20.0 Å². The number of ketones is 1. The Kier molecular flexibility index (Phi) is 4.24. The molecule has 0 spiro atoms. The van der Waals surface area contributed by atoms with Crippen LogP contribution in [0.15, 0.2) is 18.2 Å². The molecule has 1 rings (SSSR count). The fourth-order valence-corrected chi connectivity index (χ4v) is 1.33. The highest BCUT2D eigenvalue weighted by molar-refractivity contribution is 6.30. The number of rotatable bonds is 4. The topological polar surface area (TPSA) is 29.1 Å². The molecule has 0 aromatic heterocycles. The number of hydrogen-bond donors (Lipinski definition) is 1.